The number of rotatable bonds is 4. The second kappa shape index (κ2) is 6.09. The van der Waals surface area contributed by atoms with Crippen molar-refractivity contribution in [3.05, 3.63) is 33.8 Å². The van der Waals surface area contributed by atoms with Crippen molar-refractivity contribution in [2.45, 2.75) is 19.4 Å². The third-order valence-electron chi connectivity index (χ3n) is 2.15. The van der Waals surface area contributed by atoms with E-state index in [4.69, 9.17) is 23.2 Å². The molecular formula is C11H13Cl2NO2. The van der Waals surface area contributed by atoms with Crippen LogP contribution in [0.15, 0.2) is 18.2 Å². The molecule has 0 aliphatic rings. The molecule has 5 heteroatoms. The summed E-state index contributed by atoms with van der Waals surface area (Å²) < 4.78 is 0. The second-order valence-electron chi connectivity index (χ2n) is 3.40. The van der Waals surface area contributed by atoms with E-state index in [1.807, 2.05) is 6.92 Å². The van der Waals surface area contributed by atoms with Crippen LogP contribution >= 0.6 is 23.2 Å². The zero-order valence-electron chi connectivity index (χ0n) is 8.84. The predicted molar refractivity (Wildman–Crippen MR) is 65.1 cm³/mol. The molecule has 1 rings (SSSR count). The Hall–Kier alpha value is -0.770. The maximum Gasteiger partial charge on any atom is 0.251 e. The van der Waals surface area contributed by atoms with E-state index in [-0.39, 0.29) is 12.5 Å². The molecule has 1 aromatic rings. The zero-order chi connectivity index (χ0) is 12.1. The van der Waals surface area contributed by atoms with Crippen molar-refractivity contribution >= 4 is 29.1 Å². The third-order valence-corrected chi connectivity index (χ3v) is 2.89. The van der Waals surface area contributed by atoms with E-state index in [0.717, 1.165) is 0 Å². The van der Waals surface area contributed by atoms with Crippen molar-refractivity contribution in [1.29, 1.82) is 0 Å². The maximum absolute atomic E-state index is 11.6. The van der Waals surface area contributed by atoms with Crippen molar-refractivity contribution in [3.63, 3.8) is 0 Å². The molecule has 0 heterocycles. The Morgan fingerprint density at radius 1 is 1.44 bits per heavy atom. The van der Waals surface area contributed by atoms with Gasteiger partial charge in [0, 0.05) is 12.1 Å². The van der Waals surface area contributed by atoms with Crippen LogP contribution in [0, 0.1) is 0 Å². The van der Waals surface area contributed by atoms with Crippen molar-refractivity contribution in [3.8, 4) is 0 Å². The van der Waals surface area contributed by atoms with Crippen LogP contribution in [0.25, 0.3) is 0 Å². The Bertz CT molecular complexity index is 382. The molecule has 0 saturated heterocycles. The van der Waals surface area contributed by atoms with Gasteiger partial charge in [-0.3, -0.25) is 4.79 Å². The first kappa shape index (κ1) is 13.3. The molecule has 1 aromatic carbocycles. The van der Waals surface area contributed by atoms with Crippen LogP contribution in [0.3, 0.4) is 0 Å². The summed E-state index contributed by atoms with van der Waals surface area (Å²) in [5, 5.41) is 12.6. The van der Waals surface area contributed by atoms with Gasteiger partial charge in [0.05, 0.1) is 16.1 Å². The normalized spacial score (nSPS) is 12.2. The van der Waals surface area contributed by atoms with Crippen LogP contribution in [-0.2, 0) is 0 Å². The lowest BCUT2D eigenvalue weighted by Crippen LogP contribution is -2.31. The standard InChI is InChI=1S/C11H13Cl2NO2/c1-2-8(15)6-14-11(16)7-3-4-9(12)10(13)5-7/h3-5,8,15H,2,6H2,1H3,(H,14,16). The molecule has 0 aliphatic heterocycles. The largest absolute Gasteiger partial charge is 0.391 e. The van der Waals surface area contributed by atoms with Gasteiger partial charge in [-0.1, -0.05) is 30.1 Å². The summed E-state index contributed by atoms with van der Waals surface area (Å²) in [6.45, 7) is 2.07. The van der Waals surface area contributed by atoms with E-state index < -0.39 is 6.10 Å². The van der Waals surface area contributed by atoms with Gasteiger partial charge in [-0.15, -0.1) is 0 Å². The van der Waals surface area contributed by atoms with Crippen molar-refractivity contribution in [2.75, 3.05) is 6.54 Å². The lowest BCUT2D eigenvalue weighted by molar-refractivity contribution is 0.0914. The lowest BCUT2D eigenvalue weighted by atomic mass is 10.2. The molecule has 0 aliphatic carbocycles. The van der Waals surface area contributed by atoms with Gasteiger partial charge in [-0.25, -0.2) is 0 Å². The number of hydrogen-bond acceptors (Lipinski definition) is 2. The minimum absolute atomic E-state index is 0.232. The topological polar surface area (TPSA) is 49.3 Å². The molecule has 88 valence electrons. The van der Waals surface area contributed by atoms with Crippen LogP contribution in [0.4, 0.5) is 0 Å². The number of amides is 1. The Morgan fingerprint density at radius 3 is 2.69 bits per heavy atom. The van der Waals surface area contributed by atoms with Crippen molar-refractivity contribution in [2.24, 2.45) is 0 Å². The molecule has 0 spiro atoms. The smallest absolute Gasteiger partial charge is 0.251 e. The molecule has 0 aromatic heterocycles. The minimum atomic E-state index is -0.522. The zero-order valence-corrected chi connectivity index (χ0v) is 10.3. The second-order valence-corrected chi connectivity index (χ2v) is 4.22. The summed E-state index contributed by atoms with van der Waals surface area (Å²) >= 11 is 11.5. The molecule has 1 atom stereocenters. The third kappa shape index (κ3) is 3.67. The van der Waals surface area contributed by atoms with Crippen LogP contribution in [0.2, 0.25) is 10.0 Å². The predicted octanol–water partition coefficient (Wildman–Crippen LogP) is 2.49. The van der Waals surface area contributed by atoms with Crippen LogP contribution in [0.1, 0.15) is 23.7 Å². The first-order valence-corrected chi connectivity index (χ1v) is 5.71. The molecule has 0 fully saturated rings. The molecule has 16 heavy (non-hydrogen) atoms. The summed E-state index contributed by atoms with van der Waals surface area (Å²) in [4.78, 5) is 11.6. The fraction of sp³-hybridized carbons (Fsp3) is 0.364. The number of halogens is 2. The first-order chi connectivity index (χ1) is 7.54. The summed E-state index contributed by atoms with van der Waals surface area (Å²) in [6, 6.07) is 4.65. The number of carbonyl (C=O) groups excluding carboxylic acids is 1. The van der Waals surface area contributed by atoms with Gasteiger partial charge in [-0.2, -0.15) is 0 Å². The number of aliphatic hydroxyl groups is 1. The van der Waals surface area contributed by atoms with Crippen molar-refractivity contribution < 1.29 is 9.90 Å². The highest BCUT2D eigenvalue weighted by Gasteiger charge is 2.09. The summed E-state index contributed by atoms with van der Waals surface area (Å²) in [5.41, 5.74) is 0.428. The van der Waals surface area contributed by atoms with E-state index in [0.29, 0.717) is 22.0 Å². The van der Waals surface area contributed by atoms with Gasteiger partial charge in [0.15, 0.2) is 0 Å². The van der Waals surface area contributed by atoms with Crippen LogP contribution < -0.4 is 5.32 Å². The Balaban J connectivity index is 2.63. The molecule has 2 N–H and O–H groups in total. The van der Waals surface area contributed by atoms with E-state index in [1.54, 1.807) is 12.1 Å². The summed E-state index contributed by atoms with van der Waals surface area (Å²) in [7, 11) is 0. The van der Waals surface area contributed by atoms with Crippen molar-refractivity contribution in [1.82, 2.24) is 5.32 Å². The maximum atomic E-state index is 11.6. The molecule has 3 nitrogen and oxygen atoms in total. The summed E-state index contributed by atoms with van der Waals surface area (Å²) in [6.07, 6.45) is 0.0773. The van der Waals surface area contributed by atoms with Gasteiger partial charge in [0.2, 0.25) is 0 Å². The lowest BCUT2D eigenvalue weighted by Gasteiger charge is -2.09. The Labute approximate surface area is 104 Å². The monoisotopic (exact) mass is 261 g/mol. The SMILES string of the molecule is CCC(O)CNC(=O)c1ccc(Cl)c(Cl)c1. The van der Waals surface area contributed by atoms with Gasteiger partial charge in [0.1, 0.15) is 0 Å². The van der Waals surface area contributed by atoms with Gasteiger partial charge >= 0.3 is 0 Å². The average molecular weight is 262 g/mol. The van der Waals surface area contributed by atoms with E-state index >= 15 is 0 Å². The Kier molecular flexibility index (Phi) is 5.06. The summed E-state index contributed by atoms with van der Waals surface area (Å²) in [5.74, 6) is -0.272. The minimum Gasteiger partial charge on any atom is -0.391 e. The van der Waals surface area contributed by atoms with Gasteiger partial charge in [0.25, 0.3) is 5.91 Å². The molecule has 0 bridgehead atoms. The molecule has 1 amide bonds. The molecule has 1 unspecified atom stereocenters. The number of hydrogen-bond donors (Lipinski definition) is 2. The number of benzene rings is 1. The van der Waals surface area contributed by atoms with Gasteiger partial charge < -0.3 is 10.4 Å². The van der Waals surface area contributed by atoms with E-state index in [9.17, 15) is 9.90 Å². The number of aliphatic hydroxyl groups excluding tert-OH is 1. The fourth-order valence-electron chi connectivity index (χ4n) is 1.09. The highest BCUT2D eigenvalue weighted by molar-refractivity contribution is 6.42. The number of nitrogens with one attached hydrogen (secondary N) is 1. The van der Waals surface area contributed by atoms with E-state index in [2.05, 4.69) is 5.32 Å². The highest BCUT2D eigenvalue weighted by atomic mass is 35.5. The molecule has 0 saturated carbocycles. The van der Waals surface area contributed by atoms with Crippen LogP contribution in [0.5, 0.6) is 0 Å². The quantitative estimate of drug-likeness (QED) is 0.875. The van der Waals surface area contributed by atoms with E-state index in [1.165, 1.54) is 6.07 Å². The first-order valence-electron chi connectivity index (χ1n) is 4.96. The molecule has 0 radical (unpaired) electrons. The Morgan fingerprint density at radius 2 is 2.12 bits per heavy atom. The average Bonchev–Trinajstić information content (AvgIpc) is 2.29. The highest BCUT2D eigenvalue weighted by Crippen LogP contribution is 2.22. The van der Waals surface area contributed by atoms with Gasteiger partial charge in [-0.05, 0) is 24.6 Å². The fourth-order valence-corrected chi connectivity index (χ4v) is 1.39. The van der Waals surface area contributed by atoms with Crippen LogP contribution in [-0.4, -0.2) is 23.7 Å². The molecular weight excluding hydrogens is 249 g/mol. The number of carbonyl (C=O) groups is 1.